The van der Waals surface area contributed by atoms with Crippen LogP contribution in [0.3, 0.4) is 0 Å². The smallest absolute Gasteiger partial charge is 0.277 e. The second-order valence-electron chi connectivity index (χ2n) is 10.1. The van der Waals surface area contributed by atoms with Gasteiger partial charge in [-0.2, -0.15) is 0 Å². The first kappa shape index (κ1) is 25.4. The molecule has 3 aromatic carbocycles. The Kier molecular flexibility index (Phi) is 6.82. The number of amides is 2. The van der Waals surface area contributed by atoms with Crippen LogP contribution in [0, 0.1) is 0 Å². The fraction of sp³-hybridized carbons (Fsp3) is 0.219. The number of hydrogen-bond acceptors (Lipinski definition) is 5. The summed E-state index contributed by atoms with van der Waals surface area (Å²) in [5, 5.41) is 2.08. The van der Waals surface area contributed by atoms with Crippen molar-refractivity contribution in [3.63, 3.8) is 0 Å². The topological polar surface area (TPSA) is 75.1 Å². The Bertz CT molecular complexity index is 1600. The number of nitrogens with zero attached hydrogens (tertiary/aromatic N) is 4. The second-order valence-corrected chi connectivity index (χ2v) is 10.1. The lowest BCUT2D eigenvalue weighted by Gasteiger charge is -2.44. The molecule has 0 saturated carbocycles. The number of fused-ring (bicyclic) bond motifs is 5. The van der Waals surface area contributed by atoms with Crippen LogP contribution in [0.25, 0.3) is 0 Å². The Labute approximate surface area is 232 Å². The number of carbonyl (C=O) groups is 2. The van der Waals surface area contributed by atoms with E-state index in [1.807, 2.05) is 66.7 Å². The molecule has 202 valence electrons. The van der Waals surface area contributed by atoms with Gasteiger partial charge in [0.05, 0.1) is 6.04 Å². The first-order valence-corrected chi connectivity index (χ1v) is 13.4. The number of pyridine rings is 1. The van der Waals surface area contributed by atoms with Crippen LogP contribution in [0.5, 0.6) is 5.75 Å². The zero-order valence-electron chi connectivity index (χ0n) is 22.3. The van der Waals surface area contributed by atoms with Gasteiger partial charge in [0.15, 0.2) is 11.4 Å². The van der Waals surface area contributed by atoms with Crippen molar-refractivity contribution in [1.29, 1.82) is 0 Å². The molecule has 1 atom stereocenters. The highest BCUT2D eigenvalue weighted by Gasteiger charge is 2.38. The van der Waals surface area contributed by atoms with Crippen LogP contribution < -0.4 is 15.2 Å². The number of rotatable bonds is 4. The molecule has 4 aromatic rings. The highest BCUT2D eigenvalue weighted by molar-refractivity contribution is 5.96. The van der Waals surface area contributed by atoms with Crippen molar-refractivity contribution in [2.75, 3.05) is 25.3 Å². The summed E-state index contributed by atoms with van der Waals surface area (Å²) < 4.78 is 7.84. The maximum Gasteiger partial charge on any atom is 0.277 e. The van der Waals surface area contributed by atoms with E-state index < -0.39 is 0 Å². The van der Waals surface area contributed by atoms with E-state index in [0.717, 1.165) is 22.3 Å². The van der Waals surface area contributed by atoms with Gasteiger partial charge in [-0.05, 0) is 22.3 Å². The van der Waals surface area contributed by atoms with Crippen molar-refractivity contribution < 1.29 is 14.3 Å². The normalized spacial score (nSPS) is 17.1. The van der Waals surface area contributed by atoms with Crippen LogP contribution in [0.4, 0.5) is 0 Å². The maximum atomic E-state index is 14.0. The van der Waals surface area contributed by atoms with E-state index in [4.69, 9.17) is 4.74 Å². The van der Waals surface area contributed by atoms with Crippen LogP contribution in [0.2, 0.25) is 0 Å². The lowest BCUT2D eigenvalue weighted by atomic mass is 9.93. The van der Waals surface area contributed by atoms with Crippen LogP contribution in [-0.4, -0.2) is 46.6 Å². The van der Waals surface area contributed by atoms with Gasteiger partial charge in [-0.1, -0.05) is 84.9 Å². The molecule has 2 amide bonds. The standard InChI is InChI=1S/C32H30N4O4/c1-33-20-25-14-8-9-15-26(25)29(24-12-6-3-7-13-24)36-22-34(18-17-28(33)38)32(39)30-31(27(37)16-19-35(30)36)40-21-23-10-4-2-5-11-23/h2-16,19,29H,17-18,20-22H2,1H3. The van der Waals surface area contributed by atoms with E-state index in [9.17, 15) is 14.4 Å². The predicted octanol–water partition coefficient (Wildman–Crippen LogP) is 3.93. The predicted molar refractivity (Wildman–Crippen MR) is 151 cm³/mol. The first-order chi connectivity index (χ1) is 19.5. The Morgan fingerprint density at radius 3 is 2.33 bits per heavy atom. The first-order valence-electron chi connectivity index (χ1n) is 13.4. The van der Waals surface area contributed by atoms with E-state index in [1.54, 1.807) is 27.7 Å². The molecule has 40 heavy (non-hydrogen) atoms. The largest absolute Gasteiger partial charge is 0.482 e. The minimum atomic E-state index is -0.367. The molecule has 8 heteroatoms. The summed E-state index contributed by atoms with van der Waals surface area (Å²) in [7, 11) is 1.79. The highest BCUT2D eigenvalue weighted by atomic mass is 16.5. The van der Waals surface area contributed by atoms with Crippen molar-refractivity contribution in [1.82, 2.24) is 14.5 Å². The molecular weight excluding hydrogens is 504 g/mol. The van der Waals surface area contributed by atoms with Crippen LogP contribution in [0.15, 0.2) is 102 Å². The molecule has 2 bridgehead atoms. The minimum Gasteiger partial charge on any atom is -0.482 e. The summed E-state index contributed by atoms with van der Waals surface area (Å²) in [6, 6.07) is 28.8. The van der Waals surface area contributed by atoms with Crippen molar-refractivity contribution in [3.05, 3.63) is 135 Å². The van der Waals surface area contributed by atoms with Gasteiger partial charge in [0.1, 0.15) is 13.3 Å². The Hall–Kier alpha value is -4.85. The zero-order valence-corrected chi connectivity index (χ0v) is 22.3. The summed E-state index contributed by atoms with van der Waals surface area (Å²) in [5.74, 6) is -0.389. The summed E-state index contributed by atoms with van der Waals surface area (Å²) >= 11 is 0. The van der Waals surface area contributed by atoms with Crippen molar-refractivity contribution in [2.45, 2.75) is 25.6 Å². The fourth-order valence-electron chi connectivity index (χ4n) is 5.48. The number of benzene rings is 3. The van der Waals surface area contributed by atoms with Gasteiger partial charge in [-0.3, -0.25) is 24.1 Å². The quantitative estimate of drug-likeness (QED) is 0.397. The van der Waals surface area contributed by atoms with E-state index >= 15 is 0 Å². The van der Waals surface area contributed by atoms with Crippen molar-refractivity contribution in [3.8, 4) is 5.75 Å². The molecule has 0 N–H and O–H groups in total. The van der Waals surface area contributed by atoms with E-state index in [2.05, 4.69) is 23.2 Å². The Morgan fingerprint density at radius 2 is 1.55 bits per heavy atom. The minimum absolute atomic E-state index is 0.00414. The highest BCUT2D eigenvalue weighted by Crippen LogP contribution is 2.35. The summed E-state index contributed by atoms with van der Waals surface area (Å²) in [4.78, 5) is 43.6. The molecular formula is C32H30N4O4. The van der Waals surface area contributed by atoms with Gasteiger partial charge >= 0.3 is 0 Å². The number of carbonyl (C=O) groups excluding carboxylic acids is 2. The average molecular weight is 535 g/mol. The number of ether oxygens (including phenoxy) is 1. The molecule has 0 radical (unpaired) electrons. The maximum absolute atomic E-state index is 14.0. The Morgan fingerprint density at radius 1 is 0.850 bits per heavy atom. The van der Waals surface area contributed by atoms with Crippen LogP contribution in [0.1, 0.15) is 45.2 Å². The van der Waals surface area contributed by atoms with Gasteiger partial charge in [0.25, 0.3) is 5.91 Å². The third kappa shape index (κ3) is 4.73. The lowest BCUT2D eigenvalue weighted by Crippen LogP contribution is -2.56. The molecule has 0 spiro atoms. The van der Waals surface area contributed by atoms with Crippen LogP contribution in [-0.2, 0) is 17.9 Å². The van der Waals surface area contributed by atoms with Gasteiger partial charge in [-0.25, -0.2) is 0 Å². The third-order valence-corrected chi connectivity index (χ3v) is 7.54. The number of aromatic nitrogens is 1. The van der Waals surface area contributed by atoms with Gasteiger partial charge in [-0.15, -0.1) is 0 Å². The molecule has 2 aliphatic heterocycles. The van der Waals surface area contributed by atoms with Gasteiger partial charge < -0.3 is 14.5 Å². The van der Waals surface area contributed by atoms with Crippen molar-refractivity contribution in [2.24, 2.45) is 0 Å². The molecule has 1 aromatic heterocycles. The van der Waals surface area contributed by atoms with E-state index in [0.29, 0.717) is 6.54 Å². The molecule has 3 heterocycles. The van der Waals surface area contributed by atoms with E-state index in [1.165, 1.54) is 6.07 Å². The molecule has 8 nitrogen and oxygen atoms in total. The molecule has 0 aliphatic carbocycles. The Balaban J connectivity index is 1.55. The molecule has 0 fully saturated rings. The second kappa shape index (κ2) is 10.7. The monoisotopic (exact) mass is 534 g/mol. The molecule has 2 aliphatic rings. The summed E-state index contributed by atoms with van der Waals surface area (Å²) in [6.45, 7) is 1.05. The number of hydrogen-bond donors (Lipinski definition) is 0. The third-order valence-electron chi connectivity index (χ3n) is 7.54. The van der Waals surface area contributed by atoms with Crippen molar-refractivity contribution >= 4 is 11.8 Å². The molecule has 0 saturated heterocycles. The molecule has 6 rings (SSSR count). The summed E-state index contributed by atoms with van der Waals surface area (Å²) in [5.41, 5.74) is 3.73. The average Bonchev–Trinajstić information content (AvgIpc) is 3.00. The van der Waals surface area contributed by atoms with E-state index in [-0.39, 0.29) is 61.0 Å². The van der Waals surface area contributed by atoms with Gasteiger partial charge in [0.2, 0.25) is 11.3 Å². The van der Waals surface area contributed by atoms with Gasteiger partial charge in [0, 0.05) is 38.8 Å². The SMILES string of the molecule is CN1Cc2ccccc2C(c2ccccc2)N2CN(CCC1=O)C(=O)c1c(OCc3ccccc3)c(=O)ccn12. The fourth-order valence-corrected chi connectivity index (χ4v) is 5.48. The lowest BCUT2D eigenvalue weighted by molar-refractivity contribution is -0.130. The molecule has 1 unspecified atom stereocenters. The summed E-state index contributed by atoms with van der Waals surface area (Å²) in [6.07, 6.45) is 1.82. The van der Waals surface area contributed by atoms with Crippen LogP contribution >= 0.6 is 0 Å². The zero-order chi connectivity index (χ0) is 27.6.